The summed E-state index contributed by atoms with van der Waals surface area (Å²) in [5, 5.41) is 15.4. The molecule has 4 rings (SSSR count). The van der Waals surface area contributed by atoms with Crippen molar-refractivity contribution in [1.29, 1.82) is 0 Å². The van der Waals surface area contributed by atoms with Crippen LogP contribution in [0, 0.1) is 6.92 Å². The van der Waals surface area contributed by atoms with Crippen molar-refractivity contribution in [2.45, 2.75) is 30.7 Å². The minimum atomic E-state index is -0.119. The number of amides is 1. The molecule has 2 aromatic heterocycles. The Morgan fingerprint density at radius 3 is 2.74 bits per heavy atom. The highest BCUT2D eigenvalue weighted by Crippen LogP contribution is 2.26. The highest BCUT2D eigenvalue weighted by Gasteiger charge is 2.14. The average Bonchev–Trinajstić information content (AvgIpc) is 3.42. The monoisotopic (exact) mass is 499 g/mol. The van der Waals surface area contributed by atoms with E-state index in [4.69, 9.17) is 8.94 Å². The Bertz CT molecular complexity index is 1180. The van der Waals surface area contributed by atoms with E-state index in [-0.39, 0.29) is 12.3 Å². The van der Waals surface area contributed by atoms with Crippen LogP contribution in [0.2, 0.25) is 0 Å². The number of aryl methyl sites for hydroxylation is 2. The van der Waals surface area contributed by atoms with Crippen molar-refractivity contribution in [2.24, 2.45) is 0 Å². The maximum absolute atomic E-state index is 12.1. The summed E-state index contributed by atoms with van der Waals surface area (Å²) in [6.45, 7) is 1.99. The number of aromatic nitrogens is 4. The van der Waals surface area contributed by atoms with Gasteiger partial charge >= 0.3 is 0 Å². The van der Waals surface area contributed by atoms with Crippen molar-refractivity contribution in [3.05, 3.63) is 70.3 Å². The molecule has 0 bridgehead atoms. The van der Waals surface area contributed by atoms with E-state index in [1.54, 1.807) is 0 Å². The van der Waals surface area contributed by atoms with E-state index in [0.29, 0.717) is 35.0 Å². The second kappa shape index (κ2) is 9.88. The first-order valence-corrected chi connectivity index (χ1v) is 11.2. The highest BCUT2D eigenvalue weighted by atomic mass is 79.9. The lowest BCUT2D eigenvalue weighted by atomic mass is 10.1. The lowest BCUT2D eigenvalue weighted by molar-refractivity contribution is -0.116. The molecule has 1 amide bonds. The van der Waals surface area contributed by atoms with Crippen LogP contribution in [0.25, 0.3) is 11.5 Å². The van der Waals surface area contributed by atoms with Crippen LogP contribution in [0.5, 0.6) is 0 Å². The molecule has 8 nitrogen and oxygen atoms in total. The summed E-state index contributed by atoms with van der Waals surface area (Å²) in [4.78, 5) is 16.4. The van der Waals surface area contributed by atoms with Gasteiger partial charge in [0.15, 0.2) is 5.82 Å². The van der Waals surface area contributed by atoms with Gasteiger partial charge in [0.1, 0.15) is 0 Å². The smallest absolute Gasteiger partial charge is 0.277 e. The number of thioether (sulfide) groups is 1. The van der Waals surface area contributed by atoms with E-state index in [1.165, 1.54) is 11.8 Å². The summed E-state index contributed by atoms with van der Waals surface area (Å²) < 4.78 is 11.9. The molecule has 0 spiro atoms. The van der Waals surface area contributed by atoms with Crippen molar-refractivity contribution < 1.29 is 13.7 Å². The molecule has 0 atom stereocenters. The van der Waals surface area contributed by atoms with Crippen LogP contribution in [-0.4, -0.2) is 26.2 Å². The fourth-order valence-electron chi connectivity index (χ4n) is 2.74. The lowest BCUT2D eigenvalue weighted by Crippen LogP contribution is -2.12. The molecular weight excluding hydrogens is 482 g/mol. The first kappa shape index (κ1) is 21.3. The summed E-state index contributed by atoms with van der Waals surface area (Å²) >= 11 is 4.69. The van der Waals surface area contributed by atoms with Crippen LogP contribution in [0.4, 0.5) is 5.69 Å². The Morgan fingerprint density at radius 1 is 1.13 bits per heavy atom. The minimum absolute atomic E-state index is 0.119. The topological polar surface area (TPSA) is 107 Å². The van der Waals surface area contributed by atoms with Crippen molar-refractivity contribution in [3.8, 4) is 11.5 Å². The van der Waals surface area contributed by atoms with Gasteiger partial charge < -0.3 is 14.3 Å². The third-order valence-electron chi connectivity index (χ3n) is 4.31. The molecular formula is C21H18BrN5O3S. The van der Waals surface area contributed by atoms with Gasteiger partial charge in [-0.25, -0.2) is 0 Å². The second-order valence-electron chi connectivity index (χ2n) is 6.64. The van der Waals surface area contributed by atoms with Crippen LogP contribution in [-0.2, 0) is 17.0 Å². The van der Waals surface area contributed by atoms with Gasteiger partial charge in [0.2, 0.25) is 17.7 Å². The van der Waals surface area contributed by atoms with Crippen molar-refractivity contribution in [2.75, 3.05) is 5.32 Å². The first-order valence-electron chi connectivity index (χ1n) is 9.46. The maximum atomic E-state index is 12.1. The quantitative estimate of drug-likeness (QED) is 0.335. The molecule has 2 heterocycles. The number of nitrogens with one attached hydrogen (secondary N) is 1. The minimum Gasteiger partial charge on any atom is -0.411 e. The van der Waals surface area contributed by atoms with Gasteiger partial charge in [0.05, 0.1) is 5.75 Å². The number of nitrogens with zero attached hydrogens (tertiary/aromatic N) is 4. The maximum Gasteiger partial charge on any atom is 0.277 e. The van der Waals surface area contributed by atoms with E-state index in [9.17, 15) is 4.79 Å². The van der Waals surface area contributed by atoms with Gasteiger partial charge in [-0.05, 0) is 42.8 Å². The Kier molecular flexibility index (Phi) is 6.78. The first-order chi connectivity index (χ1) is 15.1. The Balaban J connectivity index is 1.26. The molecule has 0 fully saturated rings. The van der Waals surface area contributed by atoms with E-state index >= 15 is 0 Å². The van der Waals surface area contributed by atoms with Crippen LogP contribution in [0.3, 0.4) is 0 Å². The van der Waals surface area contributed by atoms with Gasteiger partial charge in [-0.2, -0.15) is 4.98 Å². The SMILES string of the molecule is Cc1ccccc1-c1nnc(SCc2noc(CCC(=O)Nc3ccc(Br)cc3)n2)o1. The molecule has 1 N–H and O–H groups in total. The van der Waals surface area contributed by atoms with Crippen molar-refractivity contribution in [3.63, 3.8) is 0 Å². The second-order valence-corrected chi connectivity index (χ2v) is 8.48. The molecule has 0 aliphatic heterocycles. The van der Waals surface area contributed by atoms with Crippen LogP contribution < -0.4 is 5.32 Å². The molecule has 0 aliphatic rings. The molecule has 0 aliphatic carbocycles. The molecule has 2 aromatic carbocycles. The van der Waals surface area contributed by atoms with Gasteiger partial charge in [-0.3, -0.25) is 4.79 Å². The number of hydrogen-bond donors (Lipinski definition) is 1. The fourth-order valence-corrected chi connectivity index (χ4v) is 3.61. The predicted molar refractivity (Wildman–Crippen MR) is 119 cm³/mol. The standard InChI is InChI=1S/C21H18BrN5O3S/c1-13-4-2-3-5-16(13)20-25-26-21(29-20)31-12-17-24-19(30-27-17)11-10-18(28)23-15-8-6-14(22)7-9-15/h2-9H,10-12H2,1H3,(H,23,28). The molecule has 4 aromatic rings. The fraction of sp³-hybridized carbons (Fsp3) is 0.190. The summed E-state index contributed by atoms with van der Waals surface area (Å²) in [6.07, 6.45) is 0.603. The summed E-state index contributed by atoms with van der Waals surface area (Å²) in [5.74, 6) is 1.69. The highest BCUT2D eigenvalue weighted by molar-refractivity contribution is 9.10. The molecule has 0 unspecified atom stereocenters. The predicted octanol–water partition coefficient (Wildman–Crippen LogP) is 5.05. The third-order valence-corrected chi connectivity index (χ3v) is 5.65. The van der Waals surface area contributed by atoms with Gasteiger partial charge in [-0.15, -0.1) is 10.2 Å². The van der Waals surface area contributed by atoms with E-state index in [0.717, 1.165) is 21.3 Å². The Labute approximate surface area is 191 Å². The number of benzene rings is 2. The normalized spacial score (nSPS) is 10.9. The number of halogens is 1. The molecule has 31 heavy (non-hydrogen) atoms. The molecule has 0 saturated heterocycles. The van der Waals surface area contributed by atoms with Crippen molar-refractivity contribution in [1.82, 2.24) is 20.3 Å². The molecule has 0 radical (unpaired) electrons. The Morgan fingerprint density at radius 2 is 1.94 bits per heavy atom. The van der Waals surface area contributed by atoms with Crippen LogP contribution in [0.1, 0.15) is 23.7 Å². The zero-order chi connectivity index (χ0) is 21.6. The number of carbonyl (C=O) groups excluding carboxylic acids is 1. The van der Waals surface area contributed by atoms with Crippen molar-refractivity contribution >= 4 is 39.3 Å². The lowest BCUT2D eigenvalue weighted by Gasteiger charge is -2.03. The number of carbonyl (C=O) groups is 1. The Hall–Kier alpha value is -2.98. The van der Waals surface area contributed by atoms with Crippen LogP contribution in [0.15, 0.2) is 67.2 Å². The number of hydrogen-bond acceptors (Lipinski definition) is 8. The average molecular weight is 500 g/mol. The van der Waals surface area contributed by atoms with Gasteiger partial charge in [-0.1, -0.05) is 51.0 Å². The van der Waals surface area contributed by atoms with Crippen LogP contribution >= 0.6 is 27.7 Å². The largest absolute Gasteiger partial charge is 0.411 e. The zero-order valence-electron chi connectivity index (χ0n) is 16.5. The van der Waals surface area contributed by atoms with E-state index in [1.807, 2.05) is 55.5 Å². The van der Waals surface area contributed by atoms with E-state index in [2.05, 4.69) is 41.6 Å². The molecule has 0 saturated carbocycles. The number of anilines is 1. The third kappa shape index (κ3) is 5.80. The molecule has 10 heteroatoms. The van der Waals surface area contributed by atoms with Gasteiger partial charge in [0.25, 0.3) is 5.22 Å². The summed E-state index contributed by atoms with van der Waals surface area (Å²) in [7, 11) is 0. The summed E-state index contributed by atoms with van der Waals surface area (Å²) in [5.41, 5.74) is 2.71. The summed E-state index contributed by atoms with van der Waals surface area (Å²) in [6, 6.07) is 15.2. The zero-order valence-corrected chi connectivity index (χ0v) is 18.9. The molecule has 158 valence electrons. The van der Waals surface area contributed by atoms with Gasteiger partial charge in [0, 0.05) is 28.6 Å². The number of rotatable bonds is 8. The van der Waals surface area contributed by atoms with E-state index < -0.39 is 0 Å².